The molecule has 3 rings (SSSR count). The molecule has 1 aliphatic rings. The third kappa shape index (κ3) is 2.96. The van der Waals surface area contributed by atoms with Gasteiger partial charge in [0.2, 0.25) is 0 Å². The molecule has 6 nitrogen and oxygen atoms in total. The highest BCUT2D eigenvalue weighted by Crippen LogP contribution is 2.20. The minimum absolute atomic E-state index is 0.128. The SMILES string of the molecule is O=C1NC(=O)N(c2ccccc2)C(=O)/C1=C/C=C/c1ccco1. The minimum Gasteiger partial charge on any atom is -0.465 e. The number of rotatable bonds is 3. The lowest BCUT2D eigenvalue weighted by molar-refractivity contribution is -0.122. The van der Waals surface area contributed by atoms with E-state index in [2.05, 4.69) is 5.32 Å². The second kappa shape index (κ2) is 6.15. The topological polar surface area (TPSA) is 79.6 Å². The fourth-order valence-corrected chi connectivity index (χ4v) is 2.11. The van der Waals surface area contributed by atoms with Gasteiger partial charge in [0.15, 0.2) is 0 Å². The Morgan fingerprint density at radius 1 is 1.00 bits per heavy atom. The molecule has 2 aromatic rings. The summed E-state index contributed by atoms with van der Waals surface area (Å²) in [5, 5.41) is 2.15. The lowest BCUT2D eigenvalue weighted by Crippen LogP contribution is -2.54. The zero-order valence-electron chi connectivity index (χ0n) is 11.9. The molecular formula is C17H12N2O4. The van der Waals surface area contributed by atoms with E-state index < -0.39 is 17.8 Å². The predicted molar refractivity (Wildman–Crippen MR) is 83.3 cm³/mol. The summed E-state index contributed by atoms with van der Waals surface area (Å²) in [5.74, 6) is -0.813. The number of benzene rings is 1. The number of imide groups is 2. The number of urea groups is 1. The van der Waals surface area contributed by atoms with Crippen LogP contribution in [0, 0.1) is 0 Å². The molecule has 0 spiro atoms. The standard InChI is InChI=1S/C17H12N2O4/c20-15-14(10-4-8-13-9-5-11-23-13)16(21)19(17(22)18-15)12-6-2-1-3-7-12/h1-11H,(H,18,20,22)/b8-4+,14-10+. The molecule has 0 saturated carbocycles. The van der Waals surface area contributed by atoms with E-state index in [9.17, 15) is 14.4 Å². The lowest BCUT2D eigenvalue weighted by Gasteiger charge is -2.26. The molecule has 2 heterocycles. The summed E-state index contributed by atoms with van der Waals surface area (Å²) in [5.41, 5.74) is 0.264. The molecule has 114 valence electrons. The largest absolute Gasteiger partial charge is 0.465 e. The van der Waals surface area contributed by atoms with Gasteiger partial charge in [-0.15, -0.1) is 0 Å². The Hall–Kier alpha value is -3.41. The van der Waals surface area contributed by atoms with E-state index >= 15 is 0 Å². The van der Waals surface area contributed by atoms with Crippen molar-refractivity contribution in [3.8, 4) is 0 Å². The molecule has 1 saturated heterocycles. The van der Waals surface area contributed by atoms with Crippen molar-refractivity contribution in [2.24, 2.45) is 0 Å². The van der Waals surface area contributed by atoms with Gasteiger partial charge in [-0.25, -0.2) is 9.69 Å². The predicted octanol–water partition coefficient (Wildman–Crippen LogP) is 2.50. The maximum absolute atomic E-state index is 12.5. The van der Waals surface area contributed by atoms with E-state index in [-0.39, 0.29) is 5.57 Å². The van der Waals surface area contributed by atoms with Crippen LogP contribution in [0.5, 0.6) is 0 Å². The van der Waals surface area contributed by atoms with Crippen molar-refractivity contribution in [3.05, 3.63) is 72.2 Å². The zero-order chi connectivity index (χ0) is 16.2. The first-order valence-corrected chi connectivity index (χ1v) is 6.83. The van der Waals surface area contributed by atoms with Crippen LogP contribution in [0.25, 0.3) is 6.08 Å². The Kier molecular flexibility index (Phi) is 3.88. The van der Waals surface area contributed by atoms with Crippen molar-refractivity contribution >= 4 is 29.6 Å². The van der Waals surface area contributed by atoms with Crippen LogP contribution in [-0.4, -0.2) is 17.8 Å². The Morgan fingerprint density at radius 3 is 2.48 bits per heavy atom. The lowest BCUT2D eigenvalue weighted by atomic mass is 10.1. The molecule has 4 amide bonds. The summed E-state index contributed by atoms with van der Waals surface area (Å²) < 4.78 is 5.12. The first-order chi connectivity index (χ1) is 11.2. The van der Waals surface area contributed by atoms with Gasteiger partial charge in [0.1, 0.15) is 11.3 Å². The van der Waals surface area contributed by atoms with E-state index in [4.69, 9.17) is 4.42 Å². The van der Waals surface area contributed by atoms with E-state index in [0.29, 0.717) is 11.4 Å². The molecule has 0 radical (unpaired) electrons. The van der Waals surface area contributed by atoms with Crippen LogP contribution < -0.4 is 10.2 Å². The van der Waals surface area contributed by atoms with Crippen molar-refractivity contribution in [2.75, 3.05) is 4.90 Å². The molecule has 1 aromatic heterocycles. The van der Waals surface area contributed by atoms with Crippen LogP contribution in [0.15, 0.2) is 70.9 Å². The molecule has 0 atom stereocenters. The highest BCUT2D eigenvalue weighted by atomic mass is 16.3. The molecule has 1 N–H and O–H groups in total. The number of barbiturate groups is 1. The normalized spacial score (nSPS) is 17.1. The monoisotopic (exact) mass is 308 g/mol. The highest BCUT2D eigenvalue weighted by molar-refractivity contribution is 6.37. The molecule has 1 aliphatic heterocycles. The third-order valence-electron chi connectivity index (χ3n) is 3.18. The number of amides is 4. The summed E-state index contributed by atoms with van der Waals surface area (Å²) in [4.78, 5) is 37.2. The van der Waals surface area contributed by atoms with Crippen LogP contribution in [0.2, 0.25) is 0 Å². The first-order valence-electron chi connectivity index (χ1n) is 6.83. The molecule has 0 unspecified atom stereocenters. The highest BCUT2D eigenvalue weighted by Gasteiger charge is 2.36. The van der Waals surface area contributed by atoms with Gasteiger partial charge >= 0.3 is 6.03 Å². The third-order valence-corrected chi connectivity index (χ3v) is 3.18. The Labute approximate surface area is 131 Å². The van der Waals surface area contributed by atoms with Crippen molar-refractivity contribution < 1.29 is 18.8 Å². The fourth-order valence-electron chi connectivity index (χ4n) is 2.11. The number of carbonyl (C=O) groups excluding carboxylic acids is 3. The van der Waals surface area contributed by atoms with Crippen LogP contribution in [0.1, 0.15) is 5.76 Å². The molecule has 6 heteroatoms. The number of para-hydroxylation sites is 1. The van der Waals surface area contributed by atoms with E-state index in [1.807, 2.05) is 0 Å². The van der Waals surface area contributed by atoms with Gasteiger partial charge in [-0.3, -0.25) is 14.9 Å². The Balaban J connectivity index is 1.89. The number of furan rings is 1. The molecule has 0 aliphatic carbocycles. The number of hydrogen-bond donors (Lipinski definition) is 1. The average Bonchev–Trinajstić information content (AvgIpc) is 3.04. The van der Waals surface area contributed by atoms with Crippen LogP contribution in [0.3, 0.4) is 0 Å². The summed E-state index contributed by atoms with van der Waals surface area (Å²) in [6.07, 6.45) is 5.99. The Bertz CT molecular complexity index is 804. The molecule has 0 bridgehead atoms. The van der Waals surface area contributed by atoms with Crippen molar-refractivity contribution in [2.45, 2.75) is 0 Å². The number of carbonyl (C=O) groups is 3. The Morgan fingerprint density at radius 2 is 1.78 bits per heavy atom. The molecule has 1 aromatic carbocycles. The van der Waals surface area contributed by atoms with Gasteiger partial charge < -0.3 is 4.42 Å². The summed E-state index contributed by atoms with van der Waals surface area (Å²) in [6, 6.07) is 11.1. The van der Waals surface area contributed by atoms with E-state index in [1.54, 1.807) is 48.5 Å². The fraction of sp³-hybridized carbons (Fsp3) is 0. The van der Waals surface area contributed by atoms with Crippen LogP contribution in [0.4, 0.5) is 10.5 Å². The first kappa shape index (κ1) is 14.5. The van der Waals surface area contributed by atoms with Gasteiger partial charge in [-0.05, 0) is 36.4 Å². The number of anilines is 1. The molecule has 1 fully saturated rings. The van der Waals surface area contributed by atoms with Gasteiger partial charge in [-0.2, -0.15) is 0 Å². The molecular weight excluding hydrogens is 296 g/mol. The second-order valence-electron chi connectivity index (χ2n) is 4.69. The quantitative estimate of drug-likeness (QED) is 0.698. The van der Waals surface area contributed by atoms with E-state index in [0.717, 1.165) is 4.90 Å². The molecule has 23 heavy (non-hydrogen) atoms. The van der Waals surface area contributed by atoms with Gasteiger partial charge in [0.25, 0.3) is 11.8 Å². The maximum Gasteiger partial charge on any atom is 0.335 e. The smallest absolute Gasteiger partial charge is 0.335 e. The van der Waals surface area contributed by atoms with E-state index in [1.165, 1.54) is 18.4 Å². The van der Waals surface area contributed by atoms with Gasteiger partial charge in [-0.1, -0.05) is 24.3 Å². The second-order valence-corrected chi connectivity index (χ2v) is 4.69. The number of allylic oxidation sites excluding steroid dienone is 2. The summed E-state index contributed by atoms with van der Waals surface area (Å²) >= 11 is 0. The maximum atomic E-state index is 12.5. The summed E-state index contributed by atoms with van der Waals surface area (Å²) in [7, 11) is 0. The number of nitrogens with zero attached hydrogens (tertiary/aromatic N) is 1. The van der Waals surface area contributed by atoms with Gasteiger partial charge in [0, 0.05) is 0 Å². The van der Waals surface area contributed by atoms with Crippen molar-refractivity contribution in [3.63, 3.8) is 0 Å². The number of hydrogen-bond acceptors (Lipinski definition) is 4. The van der Waals surface area contributed by atoms with Crippen molar-refractivity contribution in [1.29, 1.82) is 0 Å². The average molecular weight is 308 g/mol. The van der Waals surface area contributed by atoms with Crippen LogP contribution in [-0.2, 0) is 9.59 Å². The number of nitrogens with one attached hydrogen (secondary N) is 1. The van der Waals surface area contributed by atoms with Crippen LogP contribution >= 0.6 is 0 Å². The minimum atomic E-state index is -0.765. The summed E-state index contributed by atoms with van der Waals surface area (Å²) in [6.45, 7) is 0. The van der Waals surface area contributed by atoms with Crippen molar-refractivity contribution in [1.82, 2.24) is 5.32 Å². The zero-order valence-corrected chi connectivity index (χ0v) is 11.9. The van der Waals surface area contributed by atoms with Gasteiger partial charge in [0.05, 0.1) is 12.0 Å².